The van der Waals surface area contributed by atoms with Crippen LogP contribution >= 0.6 is 0 Å². The predicted molar refractivity (Wildman–Crippen MR) is 157 cm³/mol. The molecule has 0 aliphatic rings. The van der Waals surface area contributed by atoms with Gasteiger partial charge in [-0.2, -0.15) is 0 Å². The number of hydrogen-bond donors (Lipinski definition) is 1. The summed E-state index contributed by atoms with van der Waals surface area (Å²) in [7, 11) is 0. The molecule has 0 amide bonds. The minimum Gasteiger partial charge on any atom is -0.512 e. The minimum atomic E-state index is -0.125. The van der Waals surface area contributed by atoms with Crippen LogP contribution < -0.4 is 0 Å². The number of carbonyl (C=O) groups is 1. The Kier molecular flexibility index (Phi) is 9.36. The van der Waals surface area contributed by atoms with E-state index >= 15 is 0 Å². The first-order chi connectivity index (χ1) is 19.3. The summed E-state index contributed by atoms with van der Waals surface area (Å²) in [5, 5.41) is 8.36. The molecule has 6 rings (SSSR count). The second kappa shape index (κ2) is 12.9. The Bertz CT molecular complexity index is 1800. The molecule has 0 aliphatic carbocycles. The van der Waals surface area contributed by atoms with E-state index in [1.165, 1.54) is 31.1 Å². The van der Waals surface area contributed by atoms with Crippen LogP contribution in [0.3, 0.4) is 0 Å². The van der Waals surface area contributed by atoms with Gasteiger partial charge < -0.3 is 13.9 Å². The van der Waals surface area contributed by atoms with E-state index in [2.05, 4.69) is 49.2 Å². The molecule has 0 unspecified atom stereocenters. The van der Waals surface area contributed by atoms with E-state index in [0.717, 1.165) is 50.9 Å². The van der Waals surface area contributed by atoms with Gasteiger partial charge in [-0.25, -0.2) is 4.98 Å². The van der Waals surface area contributed by atoms with Gasteiger partial charge in [0.25, 0.3) is 0 Å². The molecule has 6 nitrogen and oxygen atoms in total. The normalized spacial score (nSPS) is 11.2. The topological polar surface area (TPSA) is 89.4 Å². The van der Waals surface area contributed by atoms with E-state index in [1.54, 1.807) is 0 Å². The Morgan fingerprint density at radius 1 is 0.878 bits per heavy atom. The first kappa shape index (κ1) is 29.7. The number of fused-ring (bicyclic) bond motifs is 2. The zero-order valence-corrected chi connectivity index (χ0v) is 25.4. The van der Waals surface area contributed by atoms with Crippen LogP contribution in [0.2, 0.25) is 0 Å². The molecular weight excluding hydrogens is 695 g/mol. The van der Waals surface area contributed by atoms with Crippen LogP contribution in [0.1, 0.15) is 36.1 Å². The zero-order chi connectivity index (χ0) is 28.2. The molecule has 2 aromatic heterocycles. The van der Waals surface area contributed by atoms with E-state index < -0.39 is 0 Å². The Balaban J connectivity index is 0.000000434. The smallest absolute Gasteiger partial charge is 0.227 e. The van der Waals surface area contributed by atoms with Crippen molar-refractivity contribution in [2.45, 2.75) is 34.1 Å². The number of hydrogen-bond acceptors (Lipinski definition) is 6. The largest absolute Gasteiger partial charge is 0.512 e. The molecule has 2 heterocycles. The number of ketones is 1. The standard InChI is InChI=1S/C29H21N2O2.C5H8O2.Pt/c1-18-11-13-23(29-31-25-8-4-6-10-27(25)33-29)21(15-18)17-20-12-14-22(19(2)16-20)28-30-24-7-3-5-9-26(24)32-28;1-4(6)3-5(2)7;/h3-13,15-16H,17H2,1-2H3;3,6H,1-2H3;/q-1;;/b;4-3-;. The van der Waals surface area contributed by atoms with Gasteiger partial charge in [-0.15, -0.1) is 29.3 Å². The van der Waals surface area contributed by atoms with Crippen LogP contribution in [0, 0.1) is 19.9 Å². The Labute approximate surface area is 253 Å². The summed E-state index contributed by atoms with van der Waals surface area (Å²) in [4.78, 5) is 19.4. The van der Waals surface area contributed by atoms with Crippen LogP contribution in [0.5, 0.6) is 0 Å². The molecule has 0 spiro atoms. The molecule has 7 heteroatoms. The van der Waals surface area contributed by atoms with Gasteiger partial charge in [0, 0.05) is 32.7 Å². The predicted octanol–water partition coefficient (Wildman–Crippen LogP) is 8.35. The quantitative estimate of drug-likeness (QED) is 0.109. The SMILES string of the molecule is CC(=O)/C=C(/C)O.Cc1ccc(-c2nc3ccccc3o2)c(Cc2c[c-]c(-c3nc4ccccc4o3)c(C)c2)c1.[Pt]. The summed E-state index contributed by atoms with van der Waals surface area (Å²) in [5.41, 5.74) is 9.81. The van der Waals surface area contributed by atoms with Crippen LogP contribution in [0.25, 0.3) is 45.1 Å². The summed E-state index contributed by atoms with van der Waals surface area (Å²) < 4.78 is 12.0. The summed E-state index contributed by atoms with van der Waals surface area (Å²) in [6.45, 7) is 7.02. The molecule has 0 fully saturated rings. The number of aliphatic hydroxyl groups is 1. The van der Waals surface area contributed by atoms with Crippen molar-refractivity contribution >= 4 is 28.0 Å². The third-order valence-corrected chi connectivity index (χ3v) is 6.30. The molecule has 0 saturated carbocycles. The number of benzene rings is 4. The summed E-state index contributed by atoms with van der Waals surface area (Å²) in [6.07, 6.45) is 1.92. The van der Waals surface area contributed by atoms with Crippen molar-refractivity contribution in [2.75, 3.05) is 0 Å². The van der Waals surface area contributed by atoms with E-state index in [1.807, 2.05) is 54.6 Å². The zero-order valence-electron chi connectivity index (χ0n) is 23.2. The molecule has 0 atom stereocenters. The molecule has 41 heavy (non-hydrogen) atoms. The second-order valence-corrected chi connectivity index (χ2v) is 9.77. The molecule has 210 valence electrons. The van der Waals surface area contributed by atoms with Crippen LogP contribution in [-0.4, -0.2) is 20.9 Å². The van der Waals surface area contributed by atoms with Gasteiger partial charge in [0.1, 0.15) is 17.0 Å². The Morgan fingerprint density at radius 2 is 1.49 bits per heavy atom. The number of nitrogens with zero attached hydrogens (tertiary/aromatic N) is 2. The van der Waals surface area contributed by atoms with Gasteiger partial charge in [-0.3, -0.25) is 9.78 Å². The molecule has 0 bridgehead atoms. The third kappa shape index (κ3) is 7.08. The molecule has 4 aromatic carbocycles. The van der Waals surface area contributed by atoms with Crippen molar-refractivity contribution in [3.05, 3.63) is 119 Å². The molecule has 0 saturated heterocycles. The van der Waals surface area contributed by atoms with E-state index in [-0.39, 0.29) is 32.6 Å². The van der Waals surface area contributed by atoms with Crippen molar-refractivity contribution in [3.8, 4) is 22.9 Å². The van der Waals surface area contributed by atoms with Gasteiger partial charge in [0.2, 0.25) is 5.89 Å². The van der Waals surface area contributed by atoms with Gasteiger partial charge in [-0.05, 0) is 63.1 Å². The number of para-hydroxylation sites is 4. The average molecular weight is 725 g/mol. The first-order valence-corrected chi connectivity index (χ1v) is 13.0. The van der Waals surface area contributed by atoms with Gasteiger partial charge >= 0.3 is 0 Å². The average Bonchev–Trinajstić information content (AvgIpc) is 3.53. The molecular formula is C34H29N2O4Pt-. The maximum atomic E-state index is 10.0. The number of rotatable bonds is 5. The maximum absolute atomic E-state index is 10.0. The number of aryl methyl sites for hydroxylation is 2. The van der Waals surface area contributed by atoms with Crippen LogP contribution in [0.4, 0.5) is 0 Å². The number of oxazole rings is 2. The van der Waals surface area contributed by atoms with Crippen LogP contribution in [0.15, 0.2) is 99.5 Å². The third-order valence-electron chi connectivity index (χ3n) is 6.30. The Hall–Kier alpha value is -4.28. The first-order valence-electron chi connectivity index (χ1n) is 13.0. The minimum absolute atomic E-state index is 0. The summed E-state index contributed by atoms with van der Waals surface area (Å²) in [6, 6.07) is 29.7. The van der Waals surface area contributed by atoms with Crippen molar-refractivity contribution in [2.24, 2.45) is 0 Å². The van der Waals surface area contributed by atoms with Crippen molar-refractivity contribution < 1.29 is 39.8 Å². The summed E-state index contributed by atoms with van der Waals surface area (Å²) in [5.74, 6) is 1.19. The van der Waals surface area contributed by atoms with Crippen molar-refractivity contribution in [3.63, 3.8) is 0 Å². The summed E-state index contributed by atoms with van der Waals surface area (Å²) >= 11 is 0. The Morgan fingerprint density at radius 3 is 2.05 bits per heavy atom. The maximum Gasteiger partial charge on any atom is 0.227 e. The van der Waals surface area contributed by atoms with E-state index in [9.17, 15) is 4.79 Å². The number of allylic oxidation sites excluding steroid dienone is 2. The van der Waals surface area contributed by atoms with E-state index in [4.69, 9.17) is 18.9 Å². The fraction of sp³-hybridized carbons (Fsp3) is 0.147. The fourth-order valence-corrected chi connectivity index (χ4v) is 4.56. The number of aliphatic hydroxyl groups excluding tert-OH is 1. The second-order valence-electron chi connectivity index (χ2n) is 9.77. The molecule has 0 radical (unpaired) electrons. The molecule has 1 N–H and O–H groups in total. The van der Waals surface area contributed by atoms with Crippen molar-refractivity contribution in [1.29, 1.82) is 0 Å². The molecule has 6 aromatic rings. The monoisotopic (exact) mass is 724 g/mol. The number of carbonyl (C=O) groups excluding carboxylic acids is 1. The molecule has 0 aliphatic heterocycles. The van der Waals surface area contributed by atoms with Gasteiger partial charge in [0.05, 0.1) is 11.3 Å². The van der Waals surface area contributed by atoms with E-state index in [0.29, 0.717) is 11.8 Å². The fourth-order valence-electron chi connectivity index (χ4n) is 4.56. The van der Waals surface area contributed by atoms with Crippen molar-refractivity contribution in [1.82, 2.24) is 9.97 Å². The van der Waals surface area contributed by atoms with Gasteiger partial charge in [0.15, 0.2) is 11.4 Å². The number of aromatic nitrogens is 2. The van der Waals surface area contributed by atoms with Gasteiger partial charge in [-0.1, -0.05) is 54.4 Å². The van der Waals surface area contributed by atoms with Crippen LogP contribution in [-0.2, 0) is 32.3 Å².